The SMILES string of the molecule is CCCCCC(/C=C/C#CCC#CCOS(=O)(=O)c1ccc(C)cc1)O[Si](c1ccccc1)(c1ccccc1)C(C)(C)C. The second kappa shape index (κ2) is 16.5. The number of unbranched alkanes of at least 4 members (excludes halogenated alkanes) is 2. The Kier molecular flexibility index (Phi) is 13.0. The van der Waals surface area contributed by atoms with Crippen LogP contribution in [0.3, 0.4) is 0 Å². The molecule has 0 saturated carbocycles. The Bertz CT molecular complexity index is 1490. The molecule has 3 rings (SSSR count). The minimum atomic E-state index is -3.82. The summed E-state index contributed by atoms with van der Waals surface area (Å²) in [6.45, 7) is 10.8. The fraction of sp³-hybridized carbons (Fsp3) is 0.351. The molecule has 0 aliphatic rings. The van der Waals surface area contributed by atoms with E-state index in [2.05, 4.69) is 118 Å². The number of rotatable bonds is 12. The molecular weight excluding hydrogens is 569 g/mol. The van der Waals surface area contributed by atoms with Gasteiger partial charge in [0.15, 0.2) is 0 Å². The number of hydrogen-bond donors (Lipinski definition) is 0. The Labute approximate surface area is 260 Å². The second-order valence-electron chi connectivity index (χ2n) is 11.6. The highest BCUT2D eigenvalue weighted by Gasteiger charge is 2.51. The summed E-state index contributed by atoms with van der Waals surface area (Å²) in [5.74, 6) is 11.8. The Morgan fingerprint density at radius 1 is 0.837 bits per heavy atom. The van der Waals surface area contributed by atoms with Crippen LogP contribution in [0.1, 0.15) is 65.4 Å². The molecule has 0 N–H and O–H groups in total. The lowest BCUT2D eigenvalue weighted by molar-refractivity contribution is 0.218. The third-order valence-corrected chi connectivity index (χ3v) is 13.6. The molecule has 0 spiro atoms. The normalized spacial score (nSPS) is 12.7. The molecule has 0 amide bonds. The molecule has 1 unspecified atom stereocenters. The molecule has 0 aliphatic heterocycles. The molecule has 0 aliphatic carbocycles. The van der Waals surface area contributed by atoms with E-state index in [0.717, 1.165) is 31.2 Å². The van der Waals surface area contributed by atoms with Crippen molar-refractivity contribution >= 4 is 28.8 Å². The number of hydrogen-bond acceptors (Lipinski definition) is 4. The van der Waals surface area contributed by atoms with Crippen molar-refractivity contribution in [2.45, 2.75) is 82.8 Å². The first kappa shape index (κ1) is 34.1. The van der Waals surface area contributed by atoms with Crippen LogP contribution in [0.25, 0.3) is 0 Å². The fourth-order valence-corrected chi connectivity index (χ4v) is 10.5. The molecule has 0 radical (unpaired) electrons. The molecule has 0 bridgehead atoms. The lowest BCUT2D eigenvalue weighted by Gasteiger charge is -2.44. The van der Waals surface area contributed by atoms with E-state index in [0.29, 0.717) is 6.42 Å². The van der Waals surface area contributed by atoms with Crippen molar-refractivity contribution in [3.63, 3.8) is 0 Å². The van der Waals surface area contributed by atoms with E-state index in [4.69, 9.17) is 8.61 Å². The van der Waals surface area contributed by atoms with Gasteiger partial charge in [0.05, 0.1) is 17.4 Å². The van der Waals surface area contributed by atoms with Gasteiger partial charge in [0.2, 0.25) is 0 Å². The van der Waals surface area contributed by atoms with Crippen LogP contribution in [0.2, 0.25) is 5.04 Å². The van der Waals surface area contributed by atoms with Gasteiger partial charge in [-0.1, -0.05) is 149 Å². The van der Waals surface area contributed by atoms with Crippen LogP contribution in [0, 0.1) is 30.6 Å². The Hall–Kier alpha value is -3.39. The minimum absolute atomic E-state index is 0.0846. The van der Waals surface area contributed by atoms with Crippen molar-refractivity contribution in [1.29, 1.82) is 0 Å². The van der Waals surface area contributed by atoms with Gasteiger partial charge in [-0.3, -0.25) is 4.18 Å². The fourth-order valence-electron chi connectivity index (χ4n) is 5.01. The predicted octanol–water partition coefficient (Wildman–Crippen LogP) is 7.18. The van der Waals surface area contributed by atoms with Gasteiger partial charge in [-0.15, -0.1) is 0 Å². The number of aryl methyl sites for hydroxylation is 1. The summed E-state index contributed by atoms with van der Waals surface area (Å²) in [6, 6.07) is 27.9. The van der Waals surface area contributed by atoms with E-state index in [1.807, 2.05) is 13.0 Å². The van der Waals surface area contributed by atoms with Crippen molar-refractivity contribution in [2.75, 3.05) is 6.61 Å². The summed E-state index contributed by atoms with van der Waals surface area (Å²) in [5, 5.41) is 2.41. The van der Waals surface area contributed by atoms with Crippen LogP contribution in [0.5, 0.6) is 0 Å². The van der Waals surface area contributed by atoms with Gasteiger partial charge >= 0.3 is 0 Å². The summed E-state index contributed by atoms with van der Waals surface area (Å²) < 4.78 is 36.9. The molecule has 0 saturated heterocycles. The largest absolute Gasteiger partial charge is 0.401 e. The summed E-state index contributed by atoms with van der Waals surface area (Å²) >= 11 is 0. The van der Waals surface area contributed by atoms with Crippen molar-refractivity contribution in [2.24, 2.45) is 0 Å². The molecule has 226 valence electrons. The Balaban J connectivity index is 1.74. The summed E-state index contributed by atoms with van der Waals surface area (Å²) in [4.78, 5) is 0.124. The molecular formula is C37H44O4SSi. The summed E-state index contributed by atoms with van der Waals surface area (Å²) in [5.41, 5.74) is 0.980. The average Bonchev–Trinajstić information content (AvgIpc) is 2.99. The van der Waals surface area contributed by atoms with Crippen molar-refractivity contribution < 1.29 is 17.0 Å². The highest BCUT2D eigenvalue weighted by Crippen LogP contribution is 2.38. The van der Waals surface area contributed by atoms with Crippen LogP contribution in [0.15, 0.2) is 102 Å². The van der Waals surface area contributed by atoms with Crippen LogP contribution >= 0.6 is 0 Å². The Morgan fingerprint density at radius 3 is 2.00 bits per heavy atom. The topological polar surface area (TPSA) is 52.6 Å². The maximum Gasteiger partial charge on any atom is 0.297 e. The van der Waals surface area contributed by atoms with E-state index >= 15 is 0 Å². The zero-order valence-corrected chi connectivity index (χ0v) is 27.9. The molecule has 3 aromatic carbocycles. The van der Waals surface area contributed by atoms with E-state index in [1.54, 1.807) is 12.1 Å². The van der Waals surface area contributed by atoms with E-state index < -0.39 is 18.4 Å². The quantitative estimate of drug-likeness (QED) is 0.0941. The van der Waals surface area contributed by atoms with Gasteiger partial charge in [0, 0.05) is 0 Å². The zero-order chi connectivity index (χ0) is 31.2. The third-order valence-electron chi connectivity index (χ3n) is 7.23. The first-order valence-corrected chi connectivity index (χ1v) is 18.3. The number of allylic oxidation sites excluding steroid dienone is 1. The third kappa shape index (κ3) is 9.81. The number of benzene rings is 3. The van der Waals surface area contributed by atoms with Gasteiger partial charge in [-0.2, -0.15) is 8.42 Å². The van der Waals surface area contributed by atoms with Gasteiger partial charge < -0.3 is 4.43 Å². The van der Waals surface area contributed by atoms with Crippen LogP contribution < -0.4 is 10.4 Å². The van der Waals surface area contributed by atoms with E-state index in [9.17, 15) is 8.42 Å². The average molecular weight is 613 g/mol. The van der Waals surface area contributed by atoms with Crippen LogP contribution in [0.4, 0.5) is 0 Å². The zero-order valence-electron chi connectivity index (χ0n) is 26.1. The smallest absolute Gasteiger partial charge is 0.297 e. The lowest BCUT2D eigenvalue weighted by atomic mass is 10.1. The molecule has 0 fully saturated rings. The lowest BCUT2D eigenvalue weighted by Crippen LogP contribution is -2.67. The van der Waals surface area contributed by atoms with E-state index in [1.165, 1.54) is 22.5 Å². The highest BCUT2D eigenvalue weighted by atomic mass is 32.2. The monoisotopic (exact) mass is 612 g/mol. The maximum absolute atomic E-state index is 12.3. The maximum atomic E-state index is 12.3. The first-order chi connectivity index (χ1) is 20.6. The second-order valence-corrected chi connectivity index (χ2v) is 17.4. The van der Waals surface area contributed by atoms with Gasteiger partial charge in [0.25, 0.3) is 18.4 Å². The standard InChI is InChI=1S/C37H44O4SSi/c1-6-7-14-21-33(22-15-10-8-9-11-20-31-40-42(38,39)34-29-27-32(2)28-30-34)41-43(37(3,4)5,35-23-16-12-17-24-35)36-25-18-13-19-26-36/h12-13,15-19,22-30,33H,6-7,9,14,21,31H2,1-5H3/b22-15+. The van der Waals surface area contributed by atoms with E-state index in [-0.39, 0.29) is 22.6 Å². The minimum Gasteiger partial charge on any atom is -0.401 e. The van der Waals surface area contributed by atoms with Gasteiger partial charge in [-0.25, -0.2) is 0 Å². The molecule has 1 atom stereocenters. The van der Waals surface area contributed by atoms with Gasteiger partial charge in [-0.05, 0) is 53.0 Å². The predicted molar refractivity (Wildman–Crippen MR) is 180 cm³/mol. The van der Waals surface area contributed by atoms with Crippen molar-refractivity contribution in [3.8, 4) is 23.7 Å². The summed E-state index contributed by atoms with van der Waals surface area (Å²) in [7, 11) is -6.51. The van der Waals surface area contributed by atoms with Crippen molar-refractivity contribution in [3.05, 3.63) is 103 Å². The Morgan fingerprint density at radius 2 is 1.44 bits per heavy atom. The molecule has 3 aromatic rings. The van der Waals surface area contributed by atoms with Gasteiger partial charge in [0.1, 0.15) is 6.61 Å². The first-order valence-electron chi connectivity index (χ1n) is 15.0. The molecule has 0 aromatic heterocycles. The molecule has 0 heterocycles. The van der Waals surface area contributed by atoms with Crippen LogP contribution in [-0.4, -0.2) is 29.4 Å². The molecule has 43 heavy (non-hydrogen) atoms. The summed E-state index contributed by atoms with van der Waals surface area (Å²) in [6.07, 6.45) is 8.48. The molecule has 4 nitrogen and oxygen atoms in total. The highest BCUT2D eigenvalue weighted by molar-refractivity contribution is 7.86. The van der Waals surface area contributed by atoms with Crippen LogP contribution in [-0.2, 0) is 18.7 Å². The van der Waals surface area contributed by atoms with Crippen molar-refractivity contribution in [1.82, 2.24) is 0 Å². The molecule has 6 heteroatoms.